The molecule has 23 heavy (non-hydrogen) atoms. The molecule has 0 unspecified atom stereocenters. The Hall–Kier alpha value is -1.69. The number of thioether (sulfide) groups is 1. The van der Waals surface area contributed by atoms with Crippen molar-refractivity contribution in [1.29, 1.82) is 0 Å². The second-order valence-corrected chi connectivity index (χ2v) is 7.61. The summed E-state index contributed by atoms with van der Waals surface area (Å²) in [5, 5.41) is 2.98. The Balaban J connectivity index is 1.99. The highest BCUT2D eigenvalue weighted by Gasteiger charge is 2.37. The van der Waals surface area contributed by atoms with E-state index in [9.17, 15) is 9.59 Å². The van der Waals surface area contributed by atoms with Gasteiger partial charge in [0.25, 0.3) is 0 Å². The van der Waals surface area contributed by atoms with Gasteiger partial charge in [-0.15, -0.1) is 11.8 Å². The summed E-state index contributed by atoms with van der Waals surface area (Å²) < 4.78 is 5.39. The molecule has 0 saturated carbocycles. The van der Waals surface area contributed by atoms with Crippen molar-refractivity contribution in [1.82, 2.24) is 10.2 Å². The van der Waals surface area contributed by atoms with Crippen molar-refractivity contribution in [3.63, 3.8) is 0 Å². The van der Waals surface area contributed by atoms with Crippen LogP contribution in [0.25, 0.3) is 0 Å². The molecule has 0 aromatic heterocycles. The molecular weight excluding hydrogens is 312 g/mol. The van der Waals surface area contributed by atoms with Crippen molar-refractivity contribution in [3.8, 4) is 0 Å². The molecule has 126 valence electrons. The molecule has 2 rings (SSSR count). The molecule has 2 amide bonds. The third-order valence-corrected chi connectivity index (χ3v) is 4.48. The lowest BCUT2D eigenvalue weighted by Crippen LogP contribution is -2.49. The van der Waals surface area contributed by atoms with E-state index in [1.807, 2.05) is 58.0 Å². The molecule has 5 nitrogen and oxygen atoms in total. The van der Waals surface area contributed by atoms with E-state index in [0.717, 1.165) is 5.56 Å². The Morgan fingerprint density at radius 1 is 1.30 bits per heavy atom. The van der Waals surface area contributed by atoms with Crippen LogP contribution in [0.1, 0.15) is 39.3 Å². The lowest BCUT2D eigenvalue weighted by Gasteiger charge is -2.28. The number of carbonyl (C=O) groups is 2. The van der Waals surface area contributed by atoms with E-state index < -0.39 is 17.7 Å². The number of hydrogen-bond acceptors (Lipinski definition) is 4. The van der Waals surface area contributed by atoms with Crippen molar-refractivity contribution >= 4 is 23.8 Å². The molecular formula is C17H24N2O3S. The predicted octanol–water partition coefficient (Wildman–Crippen LogP) is 3.17. The van der Waals surface area contributed by atoms with Gasteiger partial charge in [0.05, 0.1) is 11.9 Å². The molecule has 1 aromatic rings. The fourth-order valence-electron chi connectivity index (χ4n) is 2.29. The molecule has 6 heteroatoms. The zero-order valence-corrected chi connectivity index (χ0v) is 14.9. The number of nitrogens with one attached hydrogen (secondary N) is 1. The molecule has 1 aromatic carbocycles. The number of carbonyl (C=O) groups excluding carboxylic acids is 2. The molecule has 2 atom stereocenters. The first-order chi connectivity index (χ1) is 10.8. The van der Waals surface area contributed by atoms with Crippen molar-refractivity contribution in [2.24, 2.45) is 0 Å². The highest BCUT2D eigenvalue weighted by molar-refractivity contribution is 7.99. The van der Waals surface area contributed by atoms with Crippen LogP contribution in [0.15, 0.2) is 30.3 Å². The minimum atomic E-state index is -0.567. The third kappa shape index (κ3) is 4.89. The standard InChI is InChI=1S/C17H24N2O3S/c1-12(13-8-6-5-7-9-13)18-15(20)14-10-23-11-19(14)16(21)22-17(2,3)4/h5-9,12,14H,10-11H2,1-4H3,(H,18,20)/t12-,14-/m1/s1. The molecule has 0 radical (unpaired) electrons. The summed E-state index contributed by atoms with van der Waals surface area (Å²) in [4.78, 5) is 26.3. The lowest BCUT2D eigenvalue weighted by atomic mass is 10.1. The molecule has 1 aliphatic heterocycles. The summed E-state index contributed by atoms with van der Waals surface area (Å²) in [7, 11) is 0. The maximum Gasteiger partial charge on any atom is 0.411 e. The summed E-state index contributed by atoms with van der Waals surface area (Å²) >= 11 is 1.56. The Morgan fingerprint density at radius 2 is 1.96 bits per heavy atom. The van der Waals surface area contributed by atoms with Crippen LogP contribution in [0.3, 0.4) is 0 Å². The quantitative estimate of drug-likeness (QED) is 0.921. The Kier molecular flexibility index (Phi) is 5.57. The van der Waals surface area contributed by atoms with Crippen LogP contribution < -0.4 is 5.32 Å². The average Bonchev–Trinajstić information content (AvgIpc) is 2.96. The first-order valence-electron chi connectivity index (χ1n) is 7.70. The highest BCUT2D eigenvalue weighted by Crippen LogP contribution is 2.24. The lowest BCUT2D eigenvalue weighted by molar-refractivity contribution is -0.125. The Morgan fingerprint density at radius 3 is 2.57 bits per heavy atom. The van der Waals surface area contributed by atoms with Crippen LogP contribution in [-0.2, 0) is 9.53 Å². The van der Waals surface area contributed by atoms with Crippen molar-refractivity contribution in [3.05, 3.63) is 35.9 Å². The van der Waals surface area contributed by atoms with Gasteiger partial charge >= 0.3 is 6.09 Å². The van der Waals surface area contributed by atoms with Crippen molar-refractivity contribution < 1.29 is 14.3 Å². The summed E-state index contributed by atoms with van der Waals surface area (Å²) in [5.74, 6) is 0.927. The number of benzene rings is 1. The largest absolute Gasteiger partial charge is 0.444 e. The SMILES string of the molecule is C[C@@H](NC(=O)[C@H]1CSCN1C(=O)OC(C)(C)C)c1ccccc1. The maximum atomic E-state index is 12.5. The summed E-state index contributed by atoms with van der Waals surface area (Å²) in [6, 6.07) is 9.18. The van der Waals surface area contributed by atoms with Crippen LogP contribution >= 0.6 is 11.8 Å². The zero-order valence-electron chi connectivity index (χ0n) is 14.0. The van der Waals surface area contributed by atoms with E-state index in [0.29, 0.717) is 11.6 Å². The van der Waals surface area contributed by atoms with Gasteiger partial charge in [-0.25, -0.2) is 4.79 Å². The van der Waals surface area contributed by atoms with Gasteiger partial charge in [0.1, 0.15) is 11.6 Å². The molecule has 1 fully saturated rings. The summed E-state index contributed by atoms with van der Waals surface area (Å²) in [6.07, 6.45) is -0.435. The van der Waals surface area contributed by atoms with Crippen molar-refractivity contribution in [2.75, 3.05) is 11.6 Å². The molecule has 1 aliphatic rings. The smallest absolute Gasteiger partial charge is 0.411 e. The van der Waals surface area contributed by atoms with E-state index in [1.54, 1.807) is 11.8 Å². The van der Waals surface area contributed by atoms with Crippen LogP contribution in [0.4, 0.5) is 4.79 Å². The van der Waals surface area contributed by atoms with Gasteiger partial charge in [-0.1, -0.05) is 30.3 Å². The van der Waals surface area contributed by atoms with Gasteiger partial charge in [0, 0.05) is 5.75 Å². The van der Waals surface area contributed by atoms with Gasteiger partial charge in [0.2, 0.25) is 5.91 Å². The van der Waals surface area contributed by atoms with Crippen LogP contribution in [0, 0.1) is 0 Å². The zero-order chi connectivity index (χ0) is 17.0. The van der Waals surface area contributed by atoms with Gasteiger partial charge in [0.15, 0.2) is 0 Å². The number of hydrogen-bond donors (Lipinski definition) is 1. The van der Waals surface area contributed by atoms with Crippen LogP contribution in [0.2, 0.25) is 0 Å². The van der Waals surface area contributed by atoms with E-state index in [1.165, 1.54) is 4.90 Å². The minimum absolute atomic E-state index is 0.102. The first kappa shape index (κ1) is 17.7. The molecule has 0 bridgehead atoms. The van der Waals surface area contributed by atoms with Gasteiger partial charge in [-0.2, -0.15) is 0 Å². The second kappa shape index (κ2) is 7.25. The Labute approximate surface area is 141 Å². The predicted molar refractivity (Wildman–Crippen MR) is 92.2 cm³/mol. The normalized spacial score (nSPS) is 19.3. The molecule has 0 spiro atoms. The van der Waals surface area contributed by atoms with E-state index >= 15 is 0 Å². The van der Waals surface area contributed by atoms with Crippen molar-refractivity contribution in [2.45, 2.75) is 45.4 Å². The fraction of sp³-hybridized carbons (Fsp3) is 0.529. The fourth-order valence-corrected chi connectivity index (χ4v) is 3.44. The highest BCUT2D eigenvalue weighted by atomic mass is 32.2. The van der Waals surface area contributed by atoms with Crippen LogP contribution in [-0.4, -0.2) is 40.2 Å². The summed E-state index contributed by atoms with van der Waals surface area (Å²) in [5.41, 5.74) is 0.471. The van der Waals surface area contributed by atoms with E-state index in [2.05, 4.69) is 5.32 Å². The van der Waals surface area contributed by atoms with Gasteiger partial charge < -0.3 is 10.1 Å². The monoisotopic (exact) mass is 336 g/mol. The summed E-state index contributed by atoms with van der Waals surface area (Å²) in [6.45, 7) is 7.40. The van der Waals surface area contributed by atoms with Gasteiger partial charge in [-0.3, -0.25) is 9.69 Å². The molecule has 1 saturated heterocycles. The van der Waals surface area contributed by atoms with E-state index in [-0.39, 0.29) is 11.9 Å². The minimum Gasteiger partial charge on any atom is -0.444 e. The first-order valence-corrected chi connectivity index (χ1v) is 8.86. The molecule has 1 heterocycles. The van der Waals surface area contributed by atoms with Crippen LogP contribution in [0.5, 0.6) is 0 Å². The average molecular weight is 336 g/mol. The van der Waals surface area contributed by atoms with E-state index in [4.69, 9.17) is 4.74 Å². The van der Waals surface area contributed by atoms with Gasteiger partial charge in [-0.05, 0) is 33.3 Å². The number of amides is 2. The molecule has 0 aliphatic carbocycles. The Bertz CT molecular complexity index is 557. The number of rotatable bonds is 3. The topological polar surface area (TPSA) is 58.6 Å². The number of ether oxygens (including phenoxy) is 1. The maximum absolute atomic E-state index is 12.5. The third-order valence-electron chi connectivity index (χ3n) is 3.47. The second-order valence-electron chi connectivity index (χ2n) is 6.61. The number of nitrogens with zero attached hydrogens (tertiary/aromatic N) is 1. The molecule has 1 N–H and O–H groups in total.